The first-order valence-corrected chi connectivity index (χ1v) is 6.28. The third-order valence-electron chi connectivity index (χ3n) is 3.07. The maximum Gasteiger partial charge on any atom is 0.283 e. The van der Waals surface area contributed by atoms with Gasteiger partial charge in [0.2, 0.25) is 0 Å². The van der Waals surface area contributed by atoms with E-state index in [4.69, 9.17) is 11.6 Å². The van der Waals surface area contributed by atoms with Gasteiger partial charge in [0.05, 0.1) is 11.0 Å². The fraction of sp³-hybridized carbons (Fsp3) is 0.417. The van der Waals surface area contributed by atoms with Crippen molar-refractivity contribution in [1.29, 1.82) is 0 Å². The van der Waals surface area contributed by atoms with Crippen molar-refractivity contribution in [2.75, 3.05) is 13.1 Å². The van der Waals surface area contributed by atoms with Crippen LogP contribution in [0.15, 0.2) is 18.2 Å². The van der Waals surface area contributed by atoms with E-state index in [1.54, 1.807) is 0 Å². The van der Waals surface area contributed by atoms with Crippen LogP contribution in [0.3, 0.4) is 0 Å². The molecule has 1 amide bonds. The summed E-state index contributed by atoms with van der Waals surface area (Å²) >= 11 is 5.71. The number of amides is 1. The molecule has 0 saturated carbocycles. The molecule has 1 aromatic rings. The number of hydrogen-bond donors (Lipinski definition) is 1. The fourth-order valence-corrected chi connectivity index (χ4v) is 2.31. The normalized spacial score (nSPS) is 19.3. The highest BCUT2D eigenvalue weighted by molar-refractivity contribution is 6.31. The number of benzene rings is 1. The Kier molecular flexibility index (Phi) is 4.01. The maximum atomic E-state index is 12.2. The first kappa shape index (κ1) is 13.8. The second-order valence-electron chi connectivity index (χ2n) is 4.47. The van der Waals surface area contributed by atoms with E-state index < -0.39 is 16.9 Å². The Bertz CT molecular complexity index is 520. The van der Waals surface area contributed by atoms with Crippen LogP contribution >= 0.6 is 11.6 Å². The lowest BCUT2D eigenvalue weighted by atomic mass is 10.1. The van der Waals surface area contributed by atoms with E-state index in [9.17, 15) is 20.0 Å². The van der Waals surface area contributed by atoms with Crippen LogP contribution in [0.1, 0.15) is 23.2 Å². The molecule has 6 nitrogen and oxygen atoms in total. The van der Waals surface area contributed by atoms with Crippen molar-refractivity contribution in [3.63, 3.8) is 0 Å². The van der Waals surface area contributed by atoms with Gasteiger partial charge in [0.1, 0.15) is 5.56 Å². The summed E-state index contributed by atoms with van der Waals surface area (Å²) in [5.74, 6) is -0.442. The third-order valence-corrected chi connectivity index (χ3v) is 3.31. The van der Waals surface area contributed by atoms with Crippen LogP contribution in [0.2, 0.25) is 5.02 Å². The van der Waals surface area contributed by atoms with Gasteiger partial charge in [-0.05, 0) is 25.0 Å². The van der Waals surface area contributed by atoms with Crippen LogP contribution < -0.4 is 0 Å². The molecule has 0 spiro atoms. The number of nitro benzene ring substituents is 1. The largest absolute Gasteiger partial charge is 0.391 e. The summed E-state index contributed by atoms with van der Waals surface area (Å²) in [5.41, 5.74) is -0.305. The Morgan fingerprint density at radius 3 is 2.89 bits per heavy atom. The van der Waals surface area contributed by atoms with Crippen LogP contribution in [-0.2, 0) is 0 Å². The summed E-state index contributed by atoms with van der Waals surface area (Å²) < 4.78 is 0. The summed E-state index contributed by atoms with van der Waals surface area (Å²) in [5, 5.41) is 20.7. The molecule has 1 aliphatic rings. The van der Waals surface area contributed by atoms with Gasteiger partial charge in [0.25, 0.3) is 11.6 Å². The minimum atomic E-state index is -0.626. The van der Waals surface area contributed by atoms with Crippen molar-refractivity contribution in [2.24, 2.45) is 0 Å². The number of carbonyl (C=O) groups is 1. The van der Waals surface area contributed by atoms with Gasteiger partial charge in [-0.2, -0.15) is 0 Å². The minimum absolute atomic E-state index is 0.00324. The molecule has 7 heteroatoms. The molecular formula is C12H13ClN2O4. The highest BCUT2D eigenvalue weighted by atomic mass is 35.5. The monoisotopic (exact) mass is 284 g/mol. The van der Waals surface area contributed by atoms with E-state index in [2.05, 4.69) is 0 Å². The number of hydrogen-bond acceptors (Lipinski definition) is 4. The van der Waals surface area contributed by atoms with Gasteiger partial charge in [0.15, 0.2) is 0 Å². The molecule has 19 heavy (non-hydrogen) atoms. The predicted molar refractivity (Wildman–Crippen MR) is 69.3 cm³/mol. The topological polar surface area (TPSA) is 83.7 Å². The van der Waals surface area contributed by atoms with Crippen molar-refractivity contribution in [3.05, 3.63) is 38.9 Å². The zero-order valence-electron chi connectivity index (χ0n) is 10.1. The Morgan fingerprint density at radius 1 is 1.53 bits per heavy atom. The third kappa shape index (κ3) is 3.02. The highest BCUT2D eigenvalue weighted by Crippen LogP contribution is 2.25. The molecule has 0 radical (unpaired) electrons. The van der Waals surface area contributed by atoms with Gasteiger partial charge in [-0.25, -0.2) is 0 Å². The van der Waals surface area contributed by atoms with E-state index in [1.807, 2.05) is 0 Å². The maximum absolute atomic E-state index is 12.2. The molecule has 2 rings (SSSR count). The van der Waals surface area contributed by atoms with E-state index in [0.29, 0.717) is 19.4 Å². The van der Waals surface area contributed by atoms with Gasteiger partial charge in [-0.1, -0.05) is 11.6 Å². The molecular weight excluding hydrogens is 272 g/mol. The summed E-state index contributed by atoms with van der Waals surface area (Å²) in [4.78, 5) is 24.0. The number of halogens is 1. The summed E-state index contributed by atoms with van der Waals surface area (Å²) in [7, 11) is 0. The highest BCUT2D eigenvalue weighted by Gasteiger charge is 2.28. The molecule has 102 valence electrons. The van der Waals surface area contributed by atoms with Crippen molar-refractivity contribution >= 4 is 23.2 Å². The molecule has 0 unspecified atom stereocenters. The quantitative estimate of drug-likeness (QED) is 0.663. The van der Waals surface area contributed by atoms with Crippen LogP contribution in [0.5, 0.6) is 0 Å². The average molecular weight is 285 g/mol. The predicted octanol–water partition coefficient (Wildman–Crippen LogP) is 1.85. The van der Waals surface area contributed by atoms with Crippen LogP contribution in [0.25, 0.3) is 0 Å². The number of nitro groups is 1. The van der Waals surface area contributed by atoms with Gasteiger partial charge in [0, 0.05) is 24.2 Å². The molecule has 0 aliphatic carbocycles. The molecule has 1 atom stereocenters. The molecule has 1 N–H and O–H groups in total. The summed E-state index contributed by atoms with van der Waals surface area (Å²) in [6.07, 6.45) is 0.768. The Balaban J connectivity index is 2.30. The number of piperidine rings is 1. The Labute approximate surface area is 114 Å². The number of nitrogens with zero attached hydrogens (tertiary/aromatic N) is 2. The standard InChI is InChI=1S/C12H13ClN2O4/c13-8-3-4-10(11(6-8)15(18)19)12(17)14-5-1-2-9(16)7-14/h3-4,6,9,16H,1-2,5,7H2/t9-/m0/s1. The Hall–Kier alpha value is -1.66. The number of aliphatic hydroxyl groups is 1. The number of β-amino-alcohol motifs (C(OH)–C–C–N with tert-alkyl or cyclic N) is 1. The number of carbonyl (C=O) groups excluding carboxylic acids is 1. The first-order chi connectivity index (χ1) is 8.99. The molecule has 1 saturated heterocycles. The van der Waals surface area contributed by atoms with Gasteiger partial charge >= 0.3 is 0 Å². The van der Waals surface area contributed by atoms with Gasteiger partial charge < -0.3 is 10.0 Å². The van der Waals surface area contributed by atoms with E-state index in [0.717, 1.165) is 6.07 Å². The second-order valence-corrected chi connectivity index (χ2v) is 4.90. The smallest absolute Gasteiger partial charge is 0.283 e. The second kappa shape index (κ2) is 5.54. The lowest BCUT2D eigenvalue weighted by Crippen LogP contribution is -2.42. The van der Waals surface area contributed by atoms with Gasteiger partial charge in [-0.15, -0.1) is 0 Å². The zero-order chi connectivity index (χ0) is 14.0. The van der Waals surface area contributed by atoms with E-state index in [-0.39, 0.29) is 22.8 Å². The fourth-order valence-electron chi connectivity index (χ4n) is 2.15. The number of rotatable bonds is 2. The van der Waals surface area contributed by atoms with E-state index >= 15 is 0 Å². The molecule has 1 aliphatic heterocycles. The molecule has 0 aromatic heterocycles. The Morgan fingerprint density at radius 2 is 2.26 bits per heavy atom. The van der Waals surface area contributed by atoms with E-state index in [1.165, 1.54) is 17.0 Å². The van der Waals surface area contributed by atoms with Crippen LogP contribution in [0, 0.1) is 10.1 Å². The van der Waals surface area contributed by atoms with Crippen molar-refractivity contribution < 1.29 is 14.8 Å². The molecule has 1 heterocycles. The lowest BCUT2D eigenvalue weighted by Gasteiger charge is -2.30. The number of aliphatic hydroxyl groups excluding tert-OH is 1. The van der Waals surface area contributed by atoms with Crippen LogP contribution in [0.4, 0.5) is 5.69 Å². The molecule has 1 fully saturated rings. The number of likely N-dealkylation sites (tertiary alicyclic amines) is 1. The van der Waals surface area contributed by atoms with Crippen molar-refractivity contribution in [1.82, 2.24) is 4.90 Å². The van der Waals surface area contributed by atoms with Crippen molar-refractivity contribution in [2.45, 2.75) is 18.9 Å². The summed E-state index contributed by atoms with van der Waals surface area (Å²) in [6, 6.07) is 3.96. The molecule has 0 bridgehead atoms. The average Bonchev–Trinajstić information content (AvgIpc) is 2.37. The SMILES string of the molecule is O=C(c1ccc(Cl)cc1[N+](=O)[O-])N1CCC[C@H](O)C1. The first-order valence-electron chi connectivity index (χ1n) is 5.90. The van der Waals surface area contributed by atoms with Crippen LogP contribution in [-0.4, -0.2) is 40.0 Å². The summed E-state index contributed by atoms with van der Waals surface area (Å²) in [6.45, 7) is 0.703. The minimum Gasteiger partial charge on any atom is -0.391 e. The van der Waals surface area contributed by atoms with Crippen molar-refractivity contribution in [3.8, 4) is 0 Å². The zero-order valence-corrected chi connectivity index (χ0v) is 10.8. The molecule has 1 aromatic carbocycles. The van der Waals surface area contributed by atoms with Gasteiger partial charge in [-0.3, -0.25) is 14.9 Å². The lowest BCUT2D eigenvalue weighted by molar-refractivity contribution is -0.385.